The van der Waals surface area contributed by atoms with Crippen LogP contribution in [0.15, 0.2) is 87.1 Å². The zero-order valence-electron chi connectivity index (χ0n) is 33.8. The average molecular weight is 777 g/mol. The number of carbonyl (C=O) groups excluding carboxylic acids is 2. The highest BCUT2D eigenvalue weighted by Crippen LogP contribution is 2.52. The molecule has 1 N–H and O–H groups in total. The minimum absolute atomic E-state index is 0.0112. The summed E-state index contributed by atoms with van der Waals surface area (Å²) in [5.74, 6) is -0.590. The van der Waals surface area contributed by atoms with E-state index in [4.69, 9.17) is 23.4 Å². The topological polar surface area (TPSA) is 122 Å². The first-order valence-electron chi connectivity index (χ1n) is 20.7. The molecule has 4 aliphatic rings. The van der Waals surface area contributed by atoms with Crippen molar-refractivity contribution in [3.63, 3.8) is 0 Å². The summed E-state index contributed by atoms with van der Waals surface area (Å²) in [5.41, 5.74) is 4.34. The molecule has 2 bridgehead atoms. The van der Waals surface area contributed by atoms with E-state index in [9.17, 15) is 19.5 Å². The Kier molecular flexibility index (Phi) is 12.7. The summed E-state index contributed by atoms with van der Waals surface area (Å²) in [5, 5.41) is 11.2. The summed E-state index contributed by atoms with van der Waals surface area (Å²) in [6.07, 6.45) is 6.30. The third kappa shape index (κ3) is 8.75. The van der Waals surface area contributed by atoms with Gasteiger partial charge in [0.15, 0.2) is 12.2 Å². The average Bonchev–Trinajstić information content (AvgIpc) is 3.21. The van der Waals surface area contributed by atoms with E-state index in [0.717, 1.165) is 61.6 Å². The van der Waals surface area contributed by atoms with Gasteiger partial charge in [-0.05, 0) is 106 Å². The van der Waals surface area contributed by atoms with Gasteiger partial charge in [0, 0.05) is 42.4 Å². The number of methoxy groups -OCH3 is 1. The fraction of sp³-hybridized carbons (Fsp3) is 0.479. The smallest absolute Gasteiger partial charge is 0.339 e. The minimum Gasteiger partial charge on any atom is -0.483 e. The maximum Gasteiger partial charge on any atom is 0.339 e. The summed E-state index contributed by atoms with van der Waals surface area (Å²) < 4.78 is 31.8. The van der Waals surface area contributed by atoms with Crippen molar-refractivity contribution in [2.24, 2.45) is 11.8 Å². The van der Waals surface area contributed by atoms with E-state index in [1.165, 1.54) is 5.56 Å². The van der Waals surface area contributed by atoms with Crippen LogP contribution in [0.3, 0.4) is 0 Å². The second-order valence-corrected chi connectivity index (χ2v) is 16.6. The number of ether oxygens (including phenoxy) is 4. The molecule has 4 aromatic rings. The lowest BCUT2D eigenvalue weighted by atomic mass is 9.71. The van der Waals surface area contributed by atoms with Gasteiger partial charge >= 0.3 is 17.6 Å². The standard InChI is InChI=1S/C48H56O9/c1-30(2)36-22-21-32-15-18-33(19-16-32)27-34(20-17-31-11-7-5-8-12-31)28-41(50)54-44-42-40(57-48(3,45(44)56-46(36)51)35-13-9-6-10-14-35)24-23-37-39(29-49)38(25-26-53-4)47(52)55-43(37)42/h5,7-8,11-12,15-16,18-19,23-24,34-35,44-45,49H,6,9-10,13-14,17,20-22,25-29H2,1-4H3/t34-,44+,45+,48+/m1/s1. The summed E-state index contributed by atoms with van der Waals surface area (Å²) in [4.78, 5) is 42.9. The molecule has 4 atom stereocenters. The van der Waals surface area contributed by atoms with Gasteiger partial charge in [0.05, 0.1) is 18.8 Å². The van der Waals surface area contributed by atoms with Crippen LogP contribution in [0.25, 0.3) is 11.0 Å². The zero-order chi connectivity index (χ0) is 40.1. The first-order valence-corrected chi connectivity index (χ1v) is 20.7. The number of carbonyl (C=O) groups is 2. The largest absolute Gasteiger partial charge is 0.483 e. The molecule has 1 fully saturated rings. The lowest BCUT2D eigenvalue weighted by Gasteiger charge is -2.50. The van der Waals surface area contributed by atoms with Gasteiger partial charge in [0.2, 0.25) is 0 Å². The molecule has 302 valence electrons. The van der Waals surface area contributed by atoms with E-state index < -0.39 is 42.0 Å². The number of aliphatic hydroxyl groups is 1. The fourth-order valence-electron chi connectivity index (χ4n) is 9.31. The number of rotatable bonds is 8. The van der Waals surface area contributed by atoms with Crippen LogP contribution in [0.1, 0.15) is 112 Å². The molecule has 0 saturated heterocycles. The molecule has 9 nitrogen and oxygen atoms in total. The van der Waals surface area contributed by atoms with Crippen LogP contribution in [0, 0.1) is 11.8 Å². The molecule has 1 aromatic heterocycles. The van der Waals surface area contributed by atoms with Crippen molar-refractivity contribution in [3.05, 3.63) is 122 Å². The first kappa shape index (κ1) is 40.5. The van der Waals surface area contributed by atoms with Crippen molar-refractivity contribution in [3.8, 4) is 5.75 Å². The first-order chi connectivity index (χ1) is 27.6. The Hall–Kier alpha value is -4.73. The minimum atomic E-state index is -1.17. The van der Waals surface area contributed by atoms with E-state index in [1.807, 2.05) is 39.0 Å². The SMILES string of the molecule is COCCc1c(CO)c2ccc3c(c2oc1=O)[C@@H]1OC(=O)C[C@H](CCc2ccccc2)Cc2ccc(cc2)CCC(=C(C)C)C(=O)O[C@@H]1[C@](C)(C1CCCCC1)O3. The van der Waals surface area contributed by atoms with Gasteiger partial charge in [0.1, 0.15) is 16.9 Å². The Labute approximate surface area is 335 Å². The van der Waals surface area contributed by atoms with E-state index in [0.29, 0.717) is 52.7 Å². The highest BCUT2D eigenvalue weighted by atomic mass is 16.6. The van der Waals surface area contributed by atoms with Gasteiger partial charge in [-0.2, -0.15) is 0 Å². The highest BCUT2D eigenvalue weighted by Gasteiger charge is 2.56. The van der Waals surface area contributed by atoms with E-state index in [1.54, 1.807) is 19.2 Å². The van der Waals surface area contributed by atoms with Crippen LogP contribution in [0.4, 0.5) is 0 Å². The molecule has 0 radical (unpaired) electrons. The fourth-order valence-corrected chi connectivity index (χ4v) is 9.31. The van der Waals surface area contributed by atoms with Crippen molar-refractivity contribution in [2.45, 2.75) is 122 Å². The molecular weight excluding hydrogens is 721 g/mol. The number of benzene rings is 3. The number of aliphatic hydroxyl groups excluding tert-OH is 1. The number of fused-ring (bicyclic) bond motifs is 13. The molecule has 57 heavy (non-hydrogen) atoms. The Bertz CT molecular complexity index is 2140. The quantitative estimate of drug-likeness (QED) is 0.106. The highest BCUT2D eigenvalue weighted by molar-refractivity contribution is 5.90. The molecule has 0 spiro atoms. The Morgan fingerprint density at radius 2 is 1.58 bits per heavy atom. The molecule has 4 heterocycles. The second-order valence-electron chi connectivity index (χ2n) is 16.6. The monoisotopic (exact) mass is 776 g/mol. The van der Waals surface area contributed by atoms with Gasteiger partial charge in [-0.25, -0.2) is 9.59 Å². The number of aryl methyl sites for hydroxylation is 2. The number of hydrogen-bond acceptors (Lipinski definition) is 9. The molecule has 0 amide bonds. The number of allylic oxidation sites excluding steroid dienone is 1. The van der Waals surface area contributed by atoms with Crippen LogP contribution in [0.2, 0.25) is 0 Å². The van der Waals surface area contributed by atoms with E-state index in [-0.39, 0.29) is 36.9 Å². The van der Waals surface area contributed by atoms with Gasteiger partial charge in [-0.15, -0.1) is 0 Å². The lowest BCUT2D eigenvalue weighted by Crippen LogP contribution is -2.58. The van der Waals surface area contributed by atoms with Crippen LogP contribution < -0.4 is 10.4 Å². The summed E-state index contributed by atoms with van der Waals surface area (Å²) >= 11 is 0. The maximum atomic E-state index is 14.6. The number of hydrogen-bond donors (Lipinski definition) is 1. The molecule has 9 heteroatoms. The second kappa shape index (κ2) is 17.8. The Balaban J connectivity index is 1.39. The van der Waals surface area contributed by atoms with Gasteiger partial charge in [-0.1, -0.05) is 79.4 Å². The molecule has 1 saturated carbocycles. The van der Waals surface area contributed by atoms with Crippen molar-refractivity contribution < 1.29 is 38.1 Å². The Morgan fingerprint density at radius 1 is 0.842 bits per heavy atom. The maximum absolute atomic E-state index is 14.6. The van der Waals surface area contributed by atoms with Gasteiger partial charge in [0.25, 0.3) is 0 Å². The third-order valence-corrected chi connectivity index (χ3v) is 12.6. The predicted octanol–water partition coefficient (Wildman–Crippen LogP) is 8.87. The Morgan fingerprint density at radius 3 is 2.28 bits per heavy atom. The number of esters is 2. The molecular formula is C48H56O9. The van der Waals surface area contributed by atoms with Crippen LogP contribution >= 0.6 is 0 Å². The summed E-state index contributed by atoms with van der Waals surface area (Å²) in [6, 6.07) is 22.3. The van der Waals surface area contributed by atoms with Gasteiger partial charge < -0.3 is 28.5 Å². The summed E-state index contributed by atoms with van der Waals surface area (Å²) in [6.45, 7) is 5.65. The van der Waals surface area contributed by atoms with Crippen molar-refractivity contribution in [1.82, 2.24) is 0 Å². The zero-order valence-corrected chi connectivity index (χ0v) is 33.8. The van der Waals surface area contributed by atoms with E-state index in [2.05, 4.69) is 36.4 Å². The normalized spacial score (nSPS) is 23.3. The summed E-state index contributed by atoms with van der Waals surface area (Å²) in [7, 11) is 1.55. The van der Waals surface area contributed by atoms with Crippen LogP contribution in [0.5, 0.6) is 5.75 Å². The molecule has 0 unspecified atom stereocenters. The van der Waals surface area contributed by atoms with Gasteiger partial charge in [-0.3, -0.25) is 4.79 Å². The predicted molar refractivity (Wildman–Crippen MR) is 218 cm³/mol. The van der Waals surface area contributed by atoms with Crippen molar-refractivity contribution in [2.75, 3.05) is 13.7 Å². The molecule has 8 rings (SSSR count). The molecule has 3 aromatic carbocycles. The molecule has 3 aliphatic heterocycles. The van der Waals surface area contributed by atoms with E-state index >= 15 is 0 Å². The van der Waals surface area contributed by atoms with Crippen LogP contribution in [-0.4, -0.2) is 42.5 Å². The molecule has 1 aliphatic carbocycles. The van der Waals surface area contributed by atoms with Crippen molar-refractivity contribution >= 4 is 22.9 Å². The third-order valence-electron chi connectivity index (χ3n) is 12.6. The van der Waals surface area contributed by atoms with Crippen LogP contribution in [-0.2, 0) is 56.1 Å². The van der Waals surface area contributed by atoms with Crippen molar-refractivity contribution in [1.29, 1.82) is 0 Å². The lowest BCUT2D eigenvalue weighted by molar-refractivity contribution is -0.201.